The Bertz CT molecular complexity index is 453. The number of hydrogen-bond acceptors (Lipinski definition) is 4. The summed E-state index contributed by atoms with van der Waals surface area (Å²) in [5.74, 6) is -2.09. The minimum absolute atomic E-state index is 0.107. The molecule has 1 aromatic rings. The lowest BCUT2D eigenvalue weighted by atomic mass is 10.3. The molecule has 0 aliphatic heterocycles. The van der Waals surface area contributed by atoms with Gasteiger partial charge in [-0.05, 0) is 12.1 Å². The summed E-state index contributed by atoms with van der Waals surface area (Å²) in [6.45, 7) is -0.388. The molecular formula is C11H11ClFNO4. The van der Waals surface area contributed by atoms with Crippen molar-refractivity contribution < 1.29 is 23.5 Å². The van der Waals surface area contributed by atoms with Crippen molar-refractivity contribution in [1.82, 2.24) is 0 Å². The highest BCUT2D eigenvalue weighted by Crippen LogP contribution is 2.21. The van der Waals surface area contributed by atoms with E-state index in [4.69, 9.17) is 16.3 Å². The fraction of sp³-hybridized carbons (Fsp3) is 0.273. The van der Waals surface area contributed by atoms with Gasteiger partial charge in [0, 0.05) is 11.8 Å². The second-order valence-corrected chi connectivity index (χ2v) is 3.46. The molecule has 1 rings (SSSR count). The number of hydrogen-bond donors (Lipinski definition) is 1. The van der Waals surface area contributed by atoms with Gasteiger partial charge in [-0.15, -0.1) is 11.6 Å². The highest BCUT2D eigenvalue weighted by Gasteiger charge is 2.09. The molecule has 18 heavy (non-hydrogen) atoms. The topological polar surface area (TPSA) is 64.6 Å². The quantitative estimate of drug-likeness (QED) is 0.654. The van der Waals surface area contributed by atoms with Crippen molar-refractivity contribution in [2.24, 2.45) is 0 Å². The summed E-state index contributed by atoms with van der Waals surface area (Å²) in [5.41, 5.74) is 0.253. The molecule has 98 valence electrons. The molecule has 1 N–H and O–H groups in total. The molecule has 5 nitrogen and oxygen atoms in total. The molecule has 0 aromatic heterocycles. The molecule has 1 aromatic carbocycles. The summed E-state index contributed by atoms with van der Waals surface area (Å²) in [4.78, 5) is 21.8. The first kappa shape index (κ1) is 14.2. The molecule has 7 heteroatoms. The first-order valence-corrected chi connectivity index (χ1v) is 5.45. The smallest absolute Gasteiger partial charge is 0.343 e. The van der Waals surface area contributed by atoms with E-state index in [0.29, 0.717) is 0 Å². The maximum atomic E-state index is 13.5. The van der Waals surface area contributed by atoms with Gasteiger partial charge < -0.3 is 14.8 Å². The number of methoxy groups -OCH3 is 1. The van der Waals surface area contributed by atoms with Crippen molar-refractivity contribution in [2.45, 2.75) is 0 Å². The minimum atomic E-state index is -0.703. The van der Waals surface area contributed by atoms with E-state index in [-0.39, 0.29) is 23.9 Å². The normalized spacial score (nSPS) is 9.72. The summed E-state index contributed by atoms with van der Waals surface area (Å²) < 4.78 is 22.7. The van der Waals surface area contributed by atoms with Crippen molar-refractivity contribution >= 4 is 29.2 Å². The van der Waals surface area contributed by atoms with E-state index in [9.17, 15) is 14.0 Å². The Hall–Kier alpha value is -1.82. The highest BCUT2D eigenvalue weighted by atomic mass is 35.5. The van der Waals surface area contributed by atoms with E-state index in [1.54, 1.807) is 0 Å². The molecule has 0 fully saturated rings. The minimum Gasteiger partial charge on any atom is -0.479 e. The van der Waals surface area contributed by atoms with Crippen LogP contribution >= 0.6 is 11.6 Å². The van der Waals surface area contributed by atoms with E-state index in [0.717, 1.165) is 6.07 Å². The fourth-order valence-corrected chi connectivity index (χ4v) is 1.15. The summed E-state index contributed by atoms with van der Waals surface area (Å²) in [6.07, 6.45) is 0. The maximum absolute atomic E-state index is 13.5. The number of alkyl halides is 1. The van der Waals surface area contributed by atoms with Crippen LogP contribution < -0.4 is 10.1 Å². The van der Waals surface area contributed by atoms with E-state index in [1.165, 1.54) is 19.2 Å². The fourth-order valence-electron chi connectivity index (χ4n) is 1.09. The molecule has 0 saturated heterocycles. The molecule has 1 amide bonds. The van der Waals surface area contributed by atoms with Crippen LogP contribution in [0.2, 0.25) is 0 Å². The van der Waals surface area contributed by atoms with Crippen molar-refractivity contribution in [3.8, 4) is 5.75 Å². The third-order valence-electron chi connectivity index (χ3n) is 1.91. The summed E-state index contributed by atoms with van der Waals surface area (Å²) in [7, 11) is 1.20. The Balaban J connectivity index is 2.67. The van der Waals surface area contributed by atoms with Crippen molar-refractivity contribution in [3.63, 3.8) is 0 Å². The summed E-state index contributed by atoms with van der Waals surface area (Å²) in [5, 5.41) is 2.38. The second-order valence-electron chi connectivity index (χ2n) is 3.19. The molecule has 0 radical (unpaired) electrons. The SMILES string of the molecule is COC(=O)COc1ccc(NC(=O)CCl)cc1F. The number of halogens is 2. The summed E-state index contributed by atoms with van der Waals surface area (Å²) in [6, 6.07) is 3.79. The van der Waals surface area contributed by atoms with Gasteiger partial charge in [0.2, 0.25) is 5.91 Å². The molecule has 0 spiro atoms. The second kappa shape index (κ2) is 6.80. The number of anilines is 1. The monoisotopic (exact) mass is 275 g/mol. The van der Waals surface area contributed by atoms with Gasteiger partial charge in [-0.2, -0.15) is 0 Å². The maximum Gasteiger partial charge on any atom is 0.343 e. The summed E-state index contributed by atoms with van der Waals surface area (Å²) >= 11 is 5.29. The van der Waals surface area contributed by atoms with Gasteiger partial charge in [-0.25, -0.2) is 9.18 Å². The Morgan fingerprint density at radius 1 is 1.44 bits per heavy atom. The van der Waals surface area contributed by atoms with E-state index in [1.807, 2.05) is 0 Å². The molecule has 0 unspecified atom stereocenters. The van der Waals surface area contributed by atoms with Crippen LogP contribution in [0.4, 0.5) is 10.1 Å². The number of rotatable bonds is 5. The third kappa shape index (κ3) is 4.21. The number of carbonyl (C=O) groups is 2. The van der Waals surface area contributed by atoms with Crippen LogP contribution in [0.1, 0.15) is 0 Å². The van der Waals surface area contributed by atoms with Gasteiger partial charge >= 0.3 is 5.97 Å². The number of amides is 1. The highest BCUT2D eigenvalue weighted by molar-refractivity contribution is 6.29. The Kier molecular flexibility index (Phi) is 5.38. The molecule has 0 saturated carbocycles. The van der Waals surface area contributed by atoms with Crippen LogP contribution in [0.5, 0.6) is 5.75 Å². The number of nitrogens with one attached hydrogen (secondary N) is 1. The average molecular weight is 276 g/mol. The van der Waals surface area contributed by atoms with Crippen LogP contribution in [0.3, 0.4) is 0 Å². The van der Waals surface area contributed by atoms with Gasteiger partial charge in [-0.3, -0.25) is 4.79 Å². The largest absolute Gasteiger partial charge is 0.479 e. The number of benzene rings is 1. The predicted molar refractivity (Wildman–Crippen MR) is 63.3 cm³/mol. The number of ether oxygens (including phenoxy) is 2. The van der Waals surface area contributed by atoms with Gasteiger partial charge in [0.1, 0.15) is 5.88 Å². The van der Waals surface area contributed by atoms with Crippen LogP contribution in [0.15, 0.2) is 18.2 Å². The van der Waals surface area contributed by atoms with Gasteiger partial charge in [0.15, 0.2) is 18.2 Å². The number of esters is 1. The first-order chi connectivity index (χ1) is 8.56. The van der Waals surface area contributed by atoms with Gasteiger partial charge in [-0.1, -0.05) is 0 Å². The van der Waals surface area contributed by atoms with E-state index >= 15 is 0 Å². The number of carbonyl (C=O) groups excluding carboxylic acids is 2. The van der Waals surface area contributed by atoms with E-state index < -0.39 is 17.7 Å². The zero-order valence-electron chi connectivity index (χ0n) is 9.54. The standard InChI is InChI=1S/C11H11ClFNO4/c1-17-11(16)6-18-9-3-2-7(4-8(9)13)14-10(15)5-12/h2-4H,5-6H2,1H3,(H,14,15). The van der Waals surface area contributed by atoms with Crippen LogP contribution in [0, 0.1) is 5.82 Å². The Labute approximate surface area is 108 Å². The molecule has 0 aliphatic rings. The lowest BCUT2D eigenvalue weighted by Gasteiger charge is -2.08. The van der Waals surface area contributed by atoms with Crippen LogP contribution in [-0.4, -0.2) is 31.5 Å². The van der Waals surface area contributed by atoms with Crippen LogP contribution in [-0.2, 0) is 14.3 Å². The lowest BCUT2D eigenvalue weighted by molar-refractivity contribution is -0.143. The first-order valence-electron chi connectivity index (χ1n) is 4.91. The van der Waals surface area contributed by atoms with Crippen molar-refractivity contribution in [3.05, 3.63) is 24.0 Å². The van der Waals surface area contributed by atoms with E-state index in [2.05, 4.69) is 10.1 Å². The average Bonchev–Trinajstić information content (AvgIpc) is 2.37. The Morgan fingerprint density at radius 2 is 2.17 bits per heavy atom. The van der Waals surface area contributed by atoms with Gasteiger partial charge in [0.05, 0.1) is 7.11 Å². The Morgan fingerprint density at radius 3 is 2.72 bits per heavy atom. The molecule has 0 aliphatic carbocycles. The molecule has 0 bridgehead atoms. The molecule has 0 heterocycles. The zero-order valence-corrected chi connectivity index (χ0v) is 10.3. The molecular weight excluding hydrogens is 265 g/mol. The van der Waals surface area contributed by atoms with Gasteiger partial charge in [0.25, 0.3) is 0 Å². The van der Waals surface area contributed by atoms with Crippen molar-refractivity contribution in [1.29, 1.82) is 0 Å². The van der Waals surface area contributed by atoms with Crippen molar-refractivity contribution in [2.75, 3.05) is 24.9 Å². The van der Waals surface area contributed by atoms with Crippen LogP contribution in [0.25, 0.3) is 0 Å². The third-order valence-corrected chi connectivity index (χ3v) is 2.15. The zero-order chi connectivity index (χ0) is 13.5. The lowest BCUT2D eigenvalue weighted by Crippen LogP contribution is -2.14. The molecule has 0 atom stereocenters. The predicted octanol–water partition coefficient (Wildman–Crippen LogP) is 1.55.